The molecule has 0 fully saturated rings. The molecule has 0 saturated carbocycles. The smallest absolute Gasteiger partial charge is 0.244 e. The van der Waals surface area contributed by atoms with Crippen molar-refractivity contribution in [1.82, 2.24) is 5.32 Å². The molecule has 5 nitrogen and oxygen atoms in total. The van der Waals surface area contributed by atoms with Gasteiger partial charge in [0.2, 0.25) is 15.9 Å². The number of rotatable bonds is 5. The Morgan fingerprint density at radius 3 is 2.37 bits per heavy atom. The van der Waals surface area contributed by atoms with Crippen LogP contribution in [0, 0.1) is 0 Å². The van der Waals surface area contributed by atoms with E-state index in [-0.39, 0.29) is 16.8 Å². The van der Waals surface area contributed by atoms with E-state index in [4.69, 9.17) is 5.14 Å². The molecule has 0 aliphatic carbocycles. The molecule has 1 atom stereocenters. The first-order valence-electron chi connectivity index (χ1n) is 8.44. The molecule has 3 N–H and O–H groups in total. The molecule has 1 amide bonds. The first-order chi connectivity index (χ1) is 12.8. The van der Waals surface area contributed by atoms with Crippen LogP contribution in [-0.2, 0) is 14.8 Å². The molecule has 3 aromatic rings. The van der Waals surface area contributed by atoms with Crippen LogP contribution in [0.5, 0.6) is 0 Å². The van der Waals surface area contributed by atoms with Gasteiger partial charge in [0, 0.05) is 6.08 Å². The molecule has 0 bridgehead atoms. The van der Waals surface area contributed by atoms with Crippen LogP contribution in [0.4, 0.5) is 0 Å². The van der Waals surface area contributed by atoms with E-state index in [9.17, 15) is 13.2 Å². The van der Waals surface area contributed by atoms with Crippen molar-refractivity contribution in [2.45, 2.75) is 17.9 Å². The minimum Gasteiger partial charge on any atom is -0.346 e. The molecule has 0 saturated heterocycles. The Kier molecular flexibility index (Phi) is 5.39. The molecule has 0 heterocycles. The van der Waals surface area contributed by atoms with Gasteiger partial charge in [-0.25, -0.2) is 13.6 Å². The number of sulfonamides is 1. The summed E-state index contributed by atoms with van der Waals surface area (Å²) in [4.78, 5) is 12.3. The Hall–Kier alpha value is -2.96. The average Bonchev–Trinajstić information content (AvgIpc) is 2.65. The Labute approximate surface area is 158 Å². The van der Waals surface area contributed by atoms with Gasteiger partial charge in [-0.1, -0.05) is 54.6 Å². The monoisotopic (exact) mass is 380 g/mol. The van der Waals surface area contributed by atoms with Crippen LogP contribution < -0.4 is 10.5 Å². The van der Waals surface area contributed by atoms with Crippen molar-refractivity contribution in [3.05, 3.63) is 83.9 Å². The van der Waals surface area contributed by atoms with Crippen molar-refractivity contribution in [3.63, 3.8) is 0 Å². The van der Waals surface area contributed by atoms with Gasteiger partial charge in [-0.05, 0) is 47.0 Å². The van der Waals surface area contributed by atoms with Crippen LogP contribution in [0.25, 0.3) is 16.8 Å². The highest BCUT2D eigenvalue weighted by Crippen LogP contribution is 2.20. The number of fused-ring (bicyclic) bond motifs is 1. The number of benzene rings is 3. The van der Waals surface area contributed by atoms with Gasteiger partial charge in [-0.3, -0.25) is 4.79 Å². The third-order valence-corrected chi connectivity index (χ3v) is 5.23. The van der Waals surface area contributed by atoms with Crippen LogP contribution in [0.2, 0.25) is 0 Å². The SMILES string of the molecule is C[C@@H](NC(=O)/C=C/c1cccc2ccccc12)c1ccc(S(N)(=O)=O)cc1. The van der Waals surface area contributed by atoms with Crippen LogP contribution in [0.3, 0.4) is 0 Å². The number of carbonyl (C=O) groups is 1. The van der Waals surface area contributed by atoms with E-state index in [1.54, 1.807) is 18.2 Å². The van der Waals surface area contributed by atoms with E-state index in [2.05, 4.69) is 5.32 Å². The van der Waals surface area contributed by atoms with Gasteiger partial charge in [0.15, 0.2) is 0 Å². The Morgan fingerprint density at radius 1 is 1.00 bits per heavy atom. The molecule has 0 radical (unpaired) electrons. The van der Waals surface area contributed by atoms with Crippen LogP contribution in [0.15, 0.2) is 77.7 Å². The van der Waals surface area contributed by atoms with Crippen molar-refractivity contribution < 1.29 is 13.2 Å². The molecular weight excluding hydrogens is 360 g/mol. The number of carbonyl (C=O) groups excluding carboxylic acids is 1. The van der Waals surface area contributed by atoms with Crippen molar-refractivity contribution >= 4 is 32.8 Å². The highest BCUT2D eigenvalue weighted by molar-refractivity contribution is 7.89. The first-order valence-corrected chi connectivity index (χ1v) is 9.98. The number of nitrogens with one attached hydrogen (secondary N) is 1. The topological polar surface area (TPSA) is 89.3 Å². The summed E-state index contributed by atoms with van der Waals surface area (Å²) in [6, 6.07) is 19.8. The molecular formula is C21H20N2O3S. The fourth-order valence-electron chi connectivity index (χ4n) is 2.85. The summed E-state index contributed by atoms with van der Waals surface area (Å²) < 4.78 is 22.6. The van der Waals surface area contributed by atoms with E-state index < -0.39 is 10.0 Å². The molecule has 3 aromatic carbocycles. The Balaban J connectivity index is 1.70. The largest absolute Gasteiger partial charge is 0.346 e. The fourth-order valence-corrected chi connectivity index (χ4v) is 3.37. The maximum atomic E-state index is 12.2. The zero-order valence-electron chi connectivity index (χ0n) is 14.8. The van der Waals surface area contributed by atoms with Crippen LogP contribution in [-0.4, -0.2) is 14.3 Å². The molecule has 0 unspecified atom stereocenters. The van der Waals surface area contributed by atoms with E-state index in [1.165, 1.54) is 18.2 Å². The molecule has 0 aromatic heterocycles. The minimum absolute atomic E-state index is 0.0422. The quantitative estimate of drug-likeness (QED) is 0.665. The Morgan fingerprint density at radius 2 is 1.67 bits per heavy atom. The zero-order chi connectivity index (χ0) is 19.4. The van der Waals surface area contributed by atoms with E-state index in [0.717, 1.165) is 21.9 Å². The number of nitrogens with two attached hydrogens (primary N) is 1. The van der Waals surface area contributed by atoms with E-state index in [1.807, 2.05) is 49.4 Å². The van der Waals surface area contributed by atoms with Gasteiger partial charge in [0.05, 0.1) is 10.9 Å². The first kappa shape index (κ1) is 18.8. The Bertz CT molecular complexity index is 1100. The standard InChI is InChI=1S/C21H20N2O3S/c1-15(16-9-12-19(13-10-16)27(22,25)26)23-21(24)14-11-18-7-4-6-17-5-2-3-8-20(17)18/h2-15H,1H3,(H,23,24)(H2,22,25,26)/b14-11+/t15-/m1/s1. The van der Waals surface area contributed by atoms with Gasteiger partial charge >= 0.3 is 0 Å². The summed E-state index contributed by atoms with van der Waals surface area (Å²) in [5, 5.41) is 10.2. The fraction of sp³-hybridized carbons (Fsp3) is 0.0952. The molecule has 138 valence electrons. The van der Waals surface area contributed by atoms with E-state index in [0.29, 0.717) is 0 Å². The maximum absolute atomic E-state index is 12.2. The zero-order valence-corrected chi connectivity index (χ0v) is 15.6. The normalized spacial score (nSPS) is 13.0. The van der Waals surface area contributed by atoms with Crippen molar-refractivity contribution in [3.8, 4) is 0 Å². The number of primary sulfonamides is 1. The third kappa shape index (κ3) is 4.61. The second kappa shape index (κ2) is 7.73. The minimum atomic E-state index is -3.72. The molecule has 27 heavy (non-hydrogen) atoms. The van der Waals surface area contributed by atoms with Crippen LogP contribution in [0.1, 0.15) is 24.1 Å². The summed E-state index contributed by atoms with van der Waals surface area (Å²) in [5.74, 6) is -0.231. The maximum Gasteiger partial charge on any atom is 0.244 e. The lowest BCUT2D eigenvalue weighted by Gasteiger charge is -2.13. The van der Waals surface area contributed by atoms with Crippen molar-refractivity contribution in [2.24, 2.45) is 5.14 Å². The lowest BCUT2D eigenvalue weighted by molar-refractivity contribution is -0.117. The van der Waals surface area contributed by atoms with Gasteiger partial charge < -0.3 is 5.32 Å². The lowest BCUT2D eigenvalue weighted by Crippen LogP contribution is -2.24. The summed E-state index contributed by atoms with van der Waals surface area (Å²) in [6.07, 6.45) is 3.28. The number of hydrogen-bond acceptors (Lipinski definition) is 3. The molecule has 6 heteroatoms. The molecule has 0 aliphatic rings. The molecule has 0 aliphatic heterocycles. The summed E-state index contributed by atoms with van der Waals surface area (Å²) in [5.41, 5.74) is 1.75. The highest BCUT2D eigenvalue weighted by Gasteiger charge is 2.11. The number of amides is 1. The van der Waals surface area contributed by atoms with Crippen LogP contribution >= 0.6 is 0 Å². The summed E-state index contributed by atoms with van der Waals surface area (Å²) >= 11 is 0. The molecule has 0 spiro atoms. The summed E-state index contributed by atoms with van der Waals surface area (Å²) in [6.45, 7) is 1.83. The number of hydrogen-bond donors (Lipinski definition) is 2. The second-order valence-corrected chi connectivity index (χ2v) is 7.81. The summed E-state index contributed by atoms with van der Waals surface area (Å²) in [7, 11) is -3.72. The lowest BCUT2D eigenvalue weighted by atomic mass is 10.0. The highest BCUT2D eigenvalue weighted by atomic mass is 32.2. The molecule has 3 rings (SSSR count). The second-order valence-electron chi connectivity index (χ2n) is 6.25. The van der Waals surface area contributed by atoms with Crippen molar-refractivity contribution in [2.75, 3.05) is 0 Å². The predicted molar refractivity (Wildman–Crippen MR) is 107 cm³/mol. The third-order valence-electron chi connectivity index (χ3n) is 4.31. The van der Waals surface area contributed by atoms with Gasteiger partial charge in [0.1, 0.15) is 0 Å². The van der Waals surface area contributed by atoms with Gasteiger partial charge in [-0.15, -0.1) is 0 Å². The van der Waals surface area contributed by atoms with Gasteiger partial charge in [-0.2, -0.15) is 0 Å². The average molecular weight is 380 g/mol. The van der Waals surface area contributed by atoms with Gasteiger partial charge in [0.25, 0.3) is 0 Å². The van der Waals surface area contributed by atoms with E-state index >= 15 is 0 Å². The van der Waals surface area contributed by atoms with Crippen molar-refractivity contribution in [1.29, 1.82) is 0 Å². The predicted octanol–water partition coefficient (Wildman–Crippen LogP) is 3.38.